The Morgan fingerprint density at radius 3 is 2.83 bits per heavy atom. The molecule has 0 amide bonds. The highest BCUT2D eigenvalue weighted by Gasteiger charge is 1.99. The quantitative estimate of drug-likeness (QED) is 0.229. The predicted molar refractivity (Wildman–Crippen MR) is 90.7 cm³/mol. The summed E-state index contributed by atoms with van der Waals surface area (Å²) in [5.74, 6) is 0.546. The second-order valence-corrected chi connectivity index (χ2v) is 5.16. The maximum absolute atomic E-state index is 8.78. The SMILES string of the molecule is N#CNC(=NCCCc1ccccc1)NCCCc1cnc[nH]1. The Morgan fingerprint density at radius 2 is 2.09 bits per heavy atom. The number of aryl methyl sites for hydroxylation is 2. The van der Waals surface area contributed by atoms with Gasteiger partial charge >= 0.3 is 0 Å². The van der Waals surface area contributed by atoms with Crippen LogP contribution in [0, 0.1) is 11.5 Å². The van der Waals surface area contributed by atoms with Crippen molar-refractivity contribution in [3.63, 3.8) is 0 Å². The minimum absolute atomic E-state index is 0.546. The van der Waals surface area contributed by atoms with Crippen molar-refractivity contribution in [2.75, 3.05) is 13.1 Å². The van der Waals surface area contributed by atoms with Crippen LogP contribution in [0.15, 0.2) is 47.8 Å². The third kappa shape index (κ3) is 6.66. The van der Waals surface area contributed by atoms with E-state index < -0.39 is 0 Å². The van der Waals surface area contributed by atoms with Gasteiger partial charge in [0.1, 0.15) is 0 Å². The Labute approximate surface area is 136 Å². The zero-order chi connectivity index (χ0) is 16.2. The van der Waals surface area contributed by atoms with Gasteiger partial charge in [0.15, 0.2) is 6.19 Å². The van der Waals surface area contributed by atoms with Gasteiger partial charge in [0.2, 0.25) is 5.96 Å². The van der Waals surface area contributed by atoms with Crippen LogP contribution in [0.1, 0.15) is 24.1 Å². The van der Waals surface area contributed by atoms with Crippen molar-refractivity contribution in [3.05, 3.63) is 54.1 Å². The number of H-pyrrole nitrogens is 1. The summed E-state index contributed by atoms with van der Waals surface area (Å²) >= 11 is 0. The van der Waals surface area contributed by atoms with Crippen LogP contribution in [-0.2, 0) is 12.8 Å². The molecule has 0 atom stereocenters. The van der Waals surface area contributed by atoms with Crippen molar-refractivity contribution in [2.45, 2.75) is 25.7 Å². The maximum atomic E-state index is 8.78. The minimum atomic E-state index is 0.546. The molecule has 0 aliphatic heterocycles. The van der Waals surface area contributed by atoms with E-state index in [0.29, 0.717) is 12.5 Å². The molecular formula is C17H22N6. The molecule has 0 fully saturated rings. The molecule has 1 heterocycles. The lowest BCUT2D eigenvalue weighted by atomic mass is 10.1. The Bertz CT molecular complexity index is 612. The number of aromatic nitrogens is 2. The van der Waals surface area contributed by atoms with Crippen molar-refractivity contribution in [1.82, 2.24) is 20.6 Å². The topological polar surface area (TPSA) is 88.9 Å². The molecule has 0 saturated heterocycles. The van der Waals surface area contributed by atoms with E-state index in [-0.39, 0.29) is 0 Å². The highest BCUT2D eigenvalue weighted by Crippen LogP contribution is 2.02. The van der Waals surface area contributed by atoms with Crippen LogP contribution in [0.4, 0.5) is 0 Å². The van der Waals surface area contributed by atoms with Crippen LogP contribution >= 0.6 is 0 Å². The van der Waals surface area contributed by atoms with Gasteiger partial charge in [-0.15, -0.1) is 0 Å². The first-order valence-electron chi connectivity index (χ1n) is 7.83. The van der Waals surface area contributed by atoms with Crippen LogP contribution < -0.4 is 10.6 Å². The summed E-state index contributed by atoms with van der Waals surface area (Å²) in [5, 5.41) is 14.5. The number of imidazole rings is 1. The van der Waals surface area contributed by atoms with Crippen molar-refractivity contribution >= 4 is 5.96 Å². The summed E-state index contributed by atoms with van der Waals surface area (Å²) in [7, 11) is 0. The number of aromatic amines is 1. The molecule has 0 spiro atoms. The van der Waals surface area contributed by atoms with E-state index in [4.69, 9.17) is 5.26 Å². The second-order valence-electron chi connectivity index (χ2n) is 5.16. The van der Waals surface area contributed by atoms with Gasteiger partial charge in [-0.05, 0) is 31.2 Å². The lowest BCUT2D eigenvalue weighted by Gasteiger charge is -2.07. The Kier molecular flexibility index (Phi) is 7.20. The molecule has 3 N–H and O–H groups in total. The highest BCUT2D eigenvalue weighted by atomic mass is 15.2. The first-order valence-corrected chi connectivity index (χ1v) is 7.83. The zero-order valence-corrected chi connectivity index (χ0v) is 13.1. The highest BCUT2D eigenvalue weighted by molar-refractivity contribution is 5.81. The summed E-state index contributed by atoms with van der Waals surface area (Å²) in [4.78, 5) is 11.5. The number of nitrogens with zero attached hydrogens (tertiary/aromatic N) is 3. The molecule has 0 bridgehead atoms. The molecule has 2 aromatic rings. The zero-order valence-electron chi connectivity index (χ0n) is 13.1. The first-order chi connectivity index (χ1) is 11.4. The fourth-order valence-electron chi connectivity index (χ4n) is 2.22. The molecule has 1 aromatic heterocycles. The Balaban J connectivity index is 1.66. The lowest BCUT2D eigenvalue weighted by Crippen LogP contribution is -2.35. The van der Waals surface area contributed by atoms with Gasteiger partial charge in [0.05, 0.1) is 6.33 Å². The summed E-state index contributed by atoms with van der Waals surface area (Å²) in [6.07, 6.45) is 9.23. The third-order valence-electron chi connectivity index (χ3n) is 3.38. The second kappa shape index (κ2) is 10.0. The molecule has 23 heavy (non-hydrogen) atoms. The third-order valence-corrected chi connectivity index (χ3v) is 3.38. The predicted octanol–water partition coefficient (Wildman–Crippen LogP) is 1.99. The van der Waals surface area contributed by atoms with Crippen LogP contribution in [0.5, 0.6) is 0 Å². The van der Waals surface area contributed by atoms with Crippen LogP contribution in [0.25, 0.3) is 0 Å². The van der Waals surface area contributed by atoms with Gasteiger partial charge in [-0.2, -0.15) is 5.26 Å². The monoisotopic (exact) mass is 310 g/mol. The number of nitriles is 1. The van der Waals surface area contributed by atoms with E-state index in [2.05, 4.69) is 37.7 Å². The van der Waals surface area contributed by atoms with Crippen molar-refractivity contribution < 1.29 is 0 Å². The molecule has 120 valence electrons. The average Bonchev–Trinajstić information content (AvgIpc) is 3.10. The molecule has 0 radical (unpaired) electrons. The van der Waals surface area contributed by atoms with Gasteiger partial charge in [-0.25, -0.2) is 4.98 Å². The number of rotatable bonds is 8. The number of hydrogen-bond acceptors (Lipinski definition) is 3. The lowest BCUT2D eigenvalue weighted by molar-refractivity contribution is 0.744. The van der Waals surface area contributed by atoms with E-state index in [9.17, 15) is 0 Å². The molecule has 0 saturated carbocycles. The first kappa shape index (κ1) is 16.6. The molecule has 0 unspecified atom stereocenters. The standard InChI is InChI=1S/C17H22N6/c18-13-22-17(21-11-5-9-16-12-19-14-23-16)20-10-4-8-15-6-2-1-3-7-15/h1-3,6-7,12,14H,4-5,8-11H2,(H,19,23)(H2,20,21,22). The number of hydrogen-bond donors (Lipinski definition) is 3. The molecule has 6 heteroatoms. The summed E-state index contributed by atoms with van der Waals surface area (Å²) < 4.78 is 0. The summed E-state index contributed by atoms with van der Waals surface area (Å²) in [6.45, 7) is 1.44. The van der Waals surface area contributed by atoms with Gasteiger partial charge in [0.25, 0.3) is 0 Å². The molecular weight excluding hydrogens is 288 g/mol. The fraction of sp³-hybridized carbons (Fsp3) is 0.353. The summed E-state index contributed by atoms with van der Waals surface area (Å²) in [5.41, 5.74) is 2.42. The van der Waals surface area contributed by atoms with Crippen LogP contribution in [-0.4, -0.2) is 29.0 Å². The van der Waals surface area contributed by atoms with Gasteiger partial charge in [0, 0.05) is 25.0 Å². The van der Waals surface area contributed by atoms with E-state index >= 15 is 0 Å². The summed E-state index contributed by atoms with van der Waals surface area (Å²) in [6, 6.07) is 10.3. The van der Waals surface area contributed by atoms with E-state index in [0.717, 1.165) is 37.9 Å². The normalized spacial score (nSPS) is 11.0. The maximum Gasteiger partial charge on any atom is 0.204 e. The van der Waals surface area contributed by atoms with Crippen LogP contribution in [0.2, 0.25) is 0 Å². The van der Waals surface area contributed by atoms with Crippen molar-refractivity contribution in [2.24, 2.45) is 4.99 Å². The Hall–Kier alpha value is -2.81. The smallest absolute Gasteiger partial charge is 0.204 e. The van der Waals surface area contributed by atoms with Crippen molar-refractivity contribution in [1.29, 1.82) is 5.26 Å². The van der Waals surface area contributed by atoms with Crippen molar-refractivity contribution in [3.8, 4) is 6.19 Å². The van der Waals surface area contributed by atoms with Gasteiger partial charge in [-0.3, -0.25) is 10.3 Å². The Morgan fingerprint density at radius 1 is 1.22 bits per heavy atom. The van der Waals surface area contributed by atoms with E-state index in [1.807, 2.05) is 30.6 Å². The van der Waals surface area contributed by atoms with E-state index in [1.165, 1.54) is 5.56 Å². The van der Waals surface area contributed by atoms with Gasteiger partial charge < -0.3 is 10.3 Å². The number of benzene rings is 1. The number of aliphatic imine (C=N–C) groups is 1. The average molecular weight is 310 g/mol. The molecule has 6 nitrogen and oxygen atoms in total. The van der Waals surface area contributed by atoms with Gasteiger partial charge in [-0.1, -0.05) is 30.3 Å². The molecule has 0 aliphatic rings. The molecule has 0 aliphatic carbocycles. The minimum Gasteiger partial charge on any atom is -0.356 e. The van der Waals surface area contributed by atoms with E-state index in [1.54, 1.807) is 6.33 Å². The van der Waals surface area contributed by atoms with Crippen LogP contribution in [0.3, 0.4) is 0 Å². The largest absolute Gasteiger partial charge is 0.356 e. The number of guanidine groups is 1. The molecule has 1 aromatic carbocycles. The number of nitrogens with one attached hydrogen (secondary N) is 3. The molecule has 2 rings (SSSR count). The fourth-order valence-corrected chi connectivity index (χ4v) is 2.22.